The van der Waals surface area contributed by atoms with Crippen molar-refractivity contribution in [3.05, 3.63) is 39.4 Å². The third-order valence-electron chi connectivity index (χ3n) is 4.16. The maximum Gasteiger partial charge on any atom is 0.318 e. The number of halogens is 4. The average Bonchev–Trinajstić information content (AvgIpc) is 2.62. The van der Waals surface area contributed by atoms with E-state index < -0.39 is 29.9 Å². The van der Waals surface area contributed by atoms with Gasteiger partial charge < -0.3 is 21.7 Å². The number of hydrogen-bond acceptors (Lipinski definition) is 4. The number of carbonyl (C=O) groups is 2. The molecule has 3 amide bonds. The van der Waals surface area contributed by atoms with Crippen LogP contribution in [0.25, 0.3) is 5.70 Å². The molecular weight excluding hydrogens is 439 g/mol. The summed E-state index contributed by atoms with van der Waals surface area (Å²) >= 11 is 11.9. The Hall–Kier alpha value is -2.39. The van der Waals surface area contributed by atoms with Crippen LogP contribution in [0.15, 0.2) is 28.8 Å². The third kappa shape index (κ3) is 5.82. The minimum Gasteiger partial charge on any atom is -0.398 e. The van der Waals surface area contributed by atoms with Crippen LogP contribution in [0.1, 0.15) is 26.3 Å². The average molecular weight is 462 g/mol. The highest BCUT2D eigenvalue weighted by Crippen LogP contribution is 2.27. The van der Waals surface area contributed by atoms with Gasteiger partial charge in [-0.25, -0.2) is 13.6 Å². The lowest BCUT2D eigenvalue weighted by atomic mass is 10.00. The van der Waals surface area contributed by atoms with Crippen LogP contribution in [0, 0.1) is 0 Å². The highest BCUT2D eigenvalue weighted by molar-refractivity contribution is 6.42. The lowest BCUT2D eigenvalue weighted by Crippen LogP contribution is -2.55. The second kappa shape index (κ2) is 9.18. The fourth-order valence-corrected chi connectivity index (χ4v) is 3.12. The van der Waals surface area contributed by atoms with Gasteiger partial charge in [-0.15, -0.1) is 0 Å². The van der Waals surface area contributed by atoms with Crippen molar-refractivity contribution in [3.8, 4) is 0 Å². The summed E-state index contributed by atoms with van der Waals surface area (Å²) in [5.41, 5.74) is 10.9. The van der Waals surface area contributed by atoms with E-state index in [9.17, 15) is 18.4 Å². The smallest absolute Gasteiger partial charge is 0.318 e. The molecule has 164 valence electrons. The molecule has 0 saturated carbocycles. The maximum atomic E-state index is 13.5. The standard InChI is InChI=1S/C19H23Cl2F2N5O2/c1-19(2,3)27-18(30)28-7-12(26-13(8-28)16(22)23)14(17(25)29)15(24)9-4-5-10(20)11(21)6-9/h4-6,13,16H,7-8,24H2,1-3H3,(H2,25,29)(H,27,30). The first-order chi connectivity index (χ1) is 13.8. The lowest BCUT2D eigenvalue weighted by molar-refractivity contribution is -0.114. The molecule has 2 rings (SSSR count). The molecule has 0 spiro atoms. The Bertz CT molecular complexity index is 913. The van der Waals surface area contributed by atoms with Crippen molar-refractivity contribution in [2.75, 3.05) is 13.1 Å². The molecule has 0 aromatic heterocycles. The fraction of sp³-hybridized carbons (Fsp3) is 0.421. The number of nitrogens with zero attached hydrogens (tertiary/aromatic N) is 2. The van der Waals surface area contributed by atoms with Gasteiger partial charge in [0.15, 0.2) is 0 Å². The van der Waals surface area contributed by atoms with Crippen LogP contribution in [0.2, 0.25) is 10.0 Å². The Balaban J connectivity index is 2.52. The summed E-state index contributed by atoms with van der Waals surface area (Å²) in [6, 6.07) is 2.29. The number of primary amides is 1. The number of aliphatic imine (C=N–C) groups is 1. The topological polar surface area (TPSA) is 114 Å². The quantitative estimate of drug-likeness (QED) is 0.598. The molecule has 1 aliphatic rings. The third-order valence-corrected chi connectivity index (χ3v) is 4.90. The molecule has 30 heavy (non-hydrogen) atoms. The van der Waals surface area contributed by atoms with E-state index in [-0.39, 0.29) is 40.1 Å². The van der Waals surface area contributed by atoms with Crippen LogP contribution >= 0.6 is 23.2 Å². The zero-order valence-corrected chi connectivity index (χ0v) is 18.2. The van der Waals surface area contributed by atoms with Crippen LogP contribution < -0.4 is 16.8 Å². The predicted octanol–water partition coefficient (Wildman–Crippen LogP) is 3.05. The largest absolute Gasteiger partial charge is 0.398 e. The van der Waals surface area contributed by atoms with Gasteiger partial charge in [0.1, 0.15) is 6.04 Å². The molecule has 1 aromatic rings. The van der Waals surface area contributed by atoms with Crippen LogP contribution in [0.4, 0.5) is 13.6 Å². The number of rotatable bonds is 4. The van der Waals surface area contributed by atoms with Crippen LogP contribution in [-0.4, -0.2) is 53.6 Å². The molecular formula is C19H23Cl2F2N5O2. The second-order valence-corrected chi connectivity index (χ2v) is 8.63. The molecule has 1 aromatic carbocycles. The van der Waals surface area contributed by atoms with Gasteiger partial charge in [-0.1, -0.05) is 29.3 Å². The zero-order valence-electron chi connectivity index (χ0n) is 16.7. The van der Waals surface area contributed by atoms with E-state index in [2.05, 4.69) is 10.3 Å². The molecule has 0 saturated heterocycles. The van der Waals surface area contributed by atoms with Crippen LogP contribution in [0.5, 0.6) is 0 Å². The van der Waals surface area contributed by atoms with E-state index in [1.165, 1.54) is 18.2 Å². The molecule has 1 atom stereocenters. The number of alkyl halides is 2. The zero-order chi connectivity index (χ0) is 22.8. The molecule has 1 aliphatic heterocycles. The highest BCUT2D eigenvalue weighted by atomic mass is 35.5. The Morgan fingerprint density at radius 3 is 2.37 bits per heavy atom. The molecule has 0 radical (unpaired) electrons. The number of carbonyl (C=O) groups excluding carboxylic acids is 2. The summed E-state index contributed by atoms with van der Waals surface area (Å²) in [7, 11) is 0. The number of amides is 3. The number of hydrogen-bond donors (Lipinski definition) is 3. The van der Waals surface area contributed by atoms with Crippen molar-refractivity contribution >= 4 is 46.5 Å². The fourth-order valence-electron chi connectivity index (χ4n) is 2.83. The van der Waals surface area contributed by atoms with Crippen LogP contribution in [-0.2, 0) is 4.79 Å². The number of nitrogens with one attached hydrogen (secondary N) is 1. The first kappa shape index (κ1) is 23.9. The van der Waals surface area contributed by atoms with Crippen molar-refractivity contribution in [2.24, 2.45) is 16.5 Å². The van der Waals surface area contributed by atoms with Gasteiger partial charge in [0.2, 0.25) is 0 Å². The summed E-state index contributed by atoms with van der Waals surface area (Å²) in [5.74, 6) is -0.969. The van der Waals surface area contributed by atoms with Gasteiger partial charge in [-0.3, -0.25) is 9.79 Å². The van der Waals surface area contributed by atoms with Gasteiger partial charge in [-0.2, -0.15) is 0 Å². The Morgan fingerprint density at radius 1 is 1.23 bits per heavy atom. The summed E-state index contributed by atoms with van der Waals surface area (Å²) in [4.78, 5) is 29.9. The van der Waals surface area contributed by atoms with Crippen molar-refractivity contribution in [2.45, 2.75) is 38.8 Å². The van der Waals surface area contributed by atoms with E-state index in [0.717, 1.165) is 4.90 Å². The lowest BCUT2D eigenvalue weighted by Gasteiger charge is -2.34. The molecule has 0 fully saturated rings. The Kier molecular flexibility index (Phi) is 7.31. The number of benzene rings is 1. The monoisotopic (exact) mass is 461 g/mol. The van der Waals surface area contributed by atoms with E-state index in [1.54, 1.807) is 20.8 Å². The molecule has 5 N–H and O–H groups in total. The Labute approximate surface area is 183 Å². The predicted molar refractivity (Wildman–Crippen MR) is 114 cm³/mol. The van der Waals surface area contributed by atoms with Gasteiger partial charge in [-0.05, 0) is 38.5 Å². The van der Waals surface area contributed by atoms with Crippen LogP contribution in [0.3, 0.4) is 0 Å². The molecule has 1 heterocycles. The van der Waals surface area contributed by atoms with Gasteiger partial charge in [0, 0.05) is 5.54 Å². The van der Waals surface area contributed by atoms with Gasteiger partial charge in [0.25, 0.3) is 12.3 Å². The summed E-state index contributed by atoms with van der Waals surface area (Å²) in [6.07, 6.45) is -2.86. The summed E-state index contributed by atoms with van der Waals surface area (Å²) in [5, 5.41) is 3.16. The summed E-state index contributed by atoms with van der Waals surface area (Å²) in [6.45, 7) is 4.73. The molecule has 0 aliphatic carbocycles. The normalized spacial score (nSPS) is 18.1. The van der Waals surface area contributed by atoms with Gasteiger partial charge in [0.05, 0.1) is 40.1 Å². The van der Waals surface area contributed by atoms with Crippen molar-refractivity contribution in [1.29, 1.82) is 0 Å². The number of urea groups is 1. The molecule has 7 nitrogen and oxygen atoms in total. The maximum absolute atomic E-state index is 13.5. The molecule has 0 bridgehead atoms. The SMILES string of the molecule is CC(C)(C)NC(=O)N1CC(C(C(N)=O)=C(N)c2ccc(Cl)c(Cl)c2)=NC(C(F)F)C1. The first-order valence-electron chi connectivity index (χ1n) is 8.97. The highest BCUT2D eigenvalue weighted by Gasteiger charge is 2.34. The minimum atomic E-state index is -2.86. The minimum absolute atomic E-state index is 0.105. The summed E-state index contributed by atoms with van der Waals surface area (Å²) < 4.78 is 27.0. The van der Waals surface area contributed by atoms with Crippen molar-refractivity contribution in [3.63, 3.8) is 0 Å². The number of nitrogens with two attached hydrogens (primary N) is 2. The first-order valence-corrected chi connectivity index (χ1v) is 9.73. The van der Waals surface area contributed by atoms with E-state index in [4.69, 9.17) is 34.7 Å². The molecule has 11 heteroatoms. The van der Waals surface area contributed by atoms with E-state index in [0.29, 0.717) is 5.56 Å². The molecule has 1 unspecified atom stereocenters. The van der Waals surface area contributed by atoms with E-state index >= 15 is 0 Å². The van der Waals surface area contributed by atoms with Gasteiger partial charge >= 0.3 is 6.03 Å². The van der Waals surface area contributed by atoms with E-state index in [1.807, 2.05) is 0 Å². The van der Waals surface area contributed by atoms with Crippen molar-refractivity contribution in [1.82, 2.24) is 10.2 Å². The Morgan fingerprint density at radius 2 is 1.87 bits per heavy atom. The second-order valence-electron chi connectivity index (χ2n) is 7.82. The van der Waals surface area contributed by atoms with Crippen molar-refractivity contribution < 1.29 is 18.4 Å².